The van der Waals surface area contributed by atoms with Crippen LogP contribution in [0.1, 0.15) is 47.1 Å². The van der Waals surface area contributed by atoms with Gasteiger partial charge in [0.25, 0.3) is 8.32 Å². The summed E-state index contributed by atoms with van der Waals surface area (Å²) in [5, 5.41) is 9.01. The maximum atomic E-state index is 9.01. The summed E-state index contributed by atoms with van der Waals surface area (Å²) in [6.07, 6.45) is 0. The lowest BCUT2D eigenvalue weighted by Crippen LogP contribution is -2.50. The first-order valence-electron chi connectivity index (χ1n) is 7.56. The molecule has 0 atom stereocenters. The van der Waals surface area contributed by atoms with Crippen LogP contribution >= 0.6 is 0 Å². The van der Waals surface area contributed by atoms with Crippen molar-refractivity contribution in [1.29, 1.82) is 5.26 Å². The third-order valence-electron chi connectivity index (χ3n) is 4.29. The van der Waals surface area contributed by atoms with E-state index in [1.54, 1.807) is 19.2 Å². The molecule has 0 fully saturated rings. The van der Waals surface area contributed by atoms with Gasteiger partial charge in [0.05, 0.1) is 18.7 Å². The Morgan fingerprint density at radius 1 is 0.952 bits per heavy atom. The maximum absolute atomic E-state index is 9.01. The van der Waals surface area contributed by atoms with Gasteiger partial charge in [0.2, 0.25) is 0 Å². The lowest BCUT2D eigenvalue weighted by atomic mass is 10.2. The SMILES string of the molecule is COc1cc(C#N)ccc1O[Si](C(C)C)(C(C)C)C(C)C. The van der Waals surface area contributed by atoms with E-state index in [1.165, 1.54) is 0 Å². The maximum Gasteiger partial charge on any atom is 0.258 e. The molecule has 0 bridgehead atoms. The molecule has 0 saturated heterocycles. The summed E-state index contributed by atoms with van der Waals surface area (Å²) in [4.78, 5) is 0. The smallest absolute Gasteiger partial charge is 0.258 e. The number of hydrogen-bond donors (Lipinski definition) is 0. The number of ether oxygens (including phenoxy) is 1. The molecule has 0 aliphatic rings. The molecule has 0 radical (unpaired) electrons. The van der Waals surface area contributed by atoms with Crippen molar-refractivity contribution in [3.05, 3.63) is 23.8 Å². The van der Waals surface area contributed by atoms with Gasteiger partial charge in [-0.05, 0) is 28.8 Å². The summed E-state index contributed by atoms with van der Waals surface area (Å²) in [6, 6.07) is 7.54. The average Bonchev–Trinajstić information content (AvgIpc) is 2.43. The minimum Gasteiger partial charge on any atom is -0.540 e. The van der Waals surface area contributed by atoms with E-state index in [2.05, 4.69) is 47.6 Å². The quantitative estimate of drug-likeness (QED) is 0.685. The van der Waals surface area contributed by atoms with Crippen LogP contribution < -0.4 is 9.16 Å². The molecular formula is C17H27NO2Si. The normalized spacial score (nSPS) is 11.9. The summed E-state index contributed by atoms with van der Waals surface area (Å²) in [5.41, 5.74) is 2.08. The molecule has 116 valence electrons. The molecular weight excluding hydrogens is 278 g/mol. The lowest BCUT2D eigenvalue weighted by molar-refractivity contribution is 0.383. The zero-order valence-corrected chi connectivity index (χ0v) is 15.2. The molecule has 0 saturated carbocycles. The van der Waals surface area contributed by atoms with E-state index in [9.17, 15) is 0 Å². The van der Waals surface area contributed by atoms with Gasteiger partial charge in [-0.15, -0.1) is 0 Å². The van der Waals surface area contributed by atoms with Crippen LogP contribution in [0.2, 0.25) is 16.6 Å². The van der Waals surface area contributed by atoms with Crippen molar-refractivity contribution in [1.82, 2.24) is 0 Å². The van der Waals surface area contributed by atoms with Crippen LogP contribution in [0.15, 0.2) is 18.2 Å². The number of hydrogen-bond acceptors (Lipinski definition) is 3. The first kappa shape index (κ1) is 17.6. The molecule has 1 rings (SSSR count). The molecule has 0 spiro atoms. The van der Waals surface area contributed by atoms with Gasteiger partial charge >= 0.3 is 0 Å². The number of methoxy groups -OCH3 is 1. The predicted molar refractivity (Wildman–Crippen MR) is 89.4 cm³/mol. The highest BCUT2D eigenvalue weighted by atomic mass is 28.4. The zero-order valence-electron chi connectivity index (χ0n) is 14.2. The van der Waals surface area contributed by atoms with Crippen LogP contribution in [-0.2, 0) is 0 Å². The van der Waals surface area contributed by atoms with E-state index >= 15 is 0 Å². The van der Waals surface area contributed by atoms with Crippen molar-refractivity contribution < 1.29 is 9.16 Å². The Kier molecular flexibility index (Phi) is 5.85. The van der Waals surface area contributed by atoms with Gasteiger partial charge in [-0.2, -0.15) is 5.26 Å². The van der Waals surface area contributed by atoms with Crippen molar-refractivity contribution in [2.75, 3.05) is 7.11 Å². The zero-order chi connectivity index (χ0) is 16.2. The fourth-order valence-electron chi connectivity index (χ4n) is 3.37. The number of nitriles is 1. The molecule has 1 aromatic carbocycles. The van der Waals surface area contributed by atoms with E-state index in [1.807, 2.05) is 6.07 Å². The van der Waals surface area contributed by atoms with E-state index in [0.29, 0.717) is 27.9 Å². The Labute approximate surface area is 130 Å². The molecule has 0 aliphatic carbocycles. The summed E-state index contributed by atoms with van der Waals surface area (Å²) < 4.78 is 12.0. The summed E-state index contributed by atoms with van der Waals surface area (Å²) >= 11 is 0. The largest absolute Gasteiger partial charge is 0.540 e. The Bertz CT molecular complexity index is 496. The molecule has 3 nitrogen and oxygen atoms in total. The van der Waals surface area contributed by atoms with Gasteiger partial charge in [0, 0.05) is 6.07 Å². The van der Waals surface area contributed by atoms with Crippen molar-refractivity contribution in [2.24, 2.45) is 0 Å². The molecule has 0 N–H and O–H groups in total. The van der Waals surface area contributed by atoms with E-state index in [4.69, 9.17) is 14.4 Å². The second-order valence-corrected chi connectivity index (χ2v) is 11.8. The Morgan fingerprint density at radius 3 is 1.86 bits per heavy atom. The van der Waals surface area contributed by atoms with Gasteiger partial charge in [-0.3, -0.25) is 0 Å². The molecule has 1 aromatic rings. The van der Waals surface area contributed by atoms with Crippen LogP contribution in [-0.4, -0.2) is 15.4 Å². The lowest BCUT2D eigenvalue weighted by Gasteiger charge is -2.42. The van der Waals surface area contributed by atoms with E-state index < -0.39 is 8.32 Å². The van der Waals surface area contributed by atoms with Crippen LogP contribution in [0, 0.1) is 11.3 Å². The van der Waals surface area contributed by atoms with Gasteiger partial charge in [0.15, 0.2) is 5.75 Å². The Hall–Kier alpha value is -1.47. The summed E-state index contributed by atoms with van der Waals surface area (Å²) in [5.74, 6) is 1.41. The van der Waals surface area contributed by atoms with Crippen molar-refractivity contribution in [2.45, 2.75) is 58.2 Å². The summed E-state index contributed by atoms with van der Waals surface area (Å²) in [6.45, 7) is 13.5. The predicted octanol–water partition coefficient (Wildman–Crippen LogP) is 5.12. The second kappa shape index (κ2) is 6.99. The number of rotatable bonds is 6. The first-order valence-corrected chi connectivity index (χ1v) is 9.70. The van der Waals surface area contributed by atoms with E-state index in [0.717, 1.165) is 5.75 Å². The molecule has 4 heteroatoms. The molecule has 0 unspecified atom stereocenters. The fraction of sp³-hybridized carbons (Fsp3) is 0.588. The third kappa shape index (κ3) is 3.41. The third-order valence-corrected chi connectivity index (χ3v) is 10.3. The van der Waals surface area contributed by atoms with Gasteiger partial charge in [-0.1, -0.05) is 41.5 Å². The van der Waals surface area contributed by atoms with Crippen LogP contribution in [0.3, 0.4) is 0 Å². The summed E-state index contributed by atoms with van der Waals surface area (Å²) in [7, 11) is -0.389. The number of benzene rings is 1. The standard InChI is InChI=1S/C17H27NO2Si/c1-12(2)21(13(3)4,14(5)6)20-16-9-8-15(11-18)10-17(16)19-7/h8-10,12-14H,1-7H3. The highest BCUT2D eigenvalue weighted by Crippen LogP contribution is 2.44. The van der Waals surface area contributed by atoms with E-state index in [-0.39, 0.29) is 0 Å². The van der Waals surface area contributed by atoms with Crippen molar-refractivity contribution in [3.8, 4) is 17.6 Å². The molecule has 21 heavy (non-hydrogen) atoms. The van der Waals surface area contributed by atoms with Crippen LogP contribution in [0.4, 0.5) is 0 Å². The molecule has 0 amide bonds. The molecule has 0 aromatic heterocycles. The topological polar surface area (TPSA) is 42.2 Å². The highest BCUT2D eigenvalue weighted by Gasteiger charge is 2.47. The number of nitrogens with zero attached hydrogens (tertiary/aromatic N) is 1. The minimum absolute atomic E-state index is 0.498. The second-order valence-electron chi connectivity index (χ2n) is 6.40. The minimum atomic E-state index is -2.01. The van der Waals surface area contributed by atoms with Crippen molar-refractivity contribution >= 4 is 8.32 Å². The molecule has 0 aliphatic heterocycles. The highest BCUT2D eigenvalue weighted by molar-refractivity contribution is 6.78. The van der Waals surface area contributed by atoms with Gasteiger partial charge < -0.3 is 9.16 Å². The Morgan fingerprint density at radius 2 is 1.48 bits per heavy atom. The van der Waals surface area contributed by atoms with Crippen molar-refractivity contribution in [3.63, 3.8) is 0 Å². The molecule has 0 heterocycles. The average molecular weight is 305 g/mol. The fourth-order valence-corrected chi connectivity index (χ4v) is 8.62. The Balaban J connectivity index is 3.31. The van der Waals surface area contributed by atoms with Crippen LogP contribution in [0.5, 0.6) is 11.5 Å². The van der Waals surface area contributed by atoms with Gasteiger partial charge in [0.1, 0.15) is 5.75 Å². The van der Waals surface area contributed by atoms with Gasteiger partial charge in [-0.25, -0.2) is 0 Å². The first-order chi connectivity index (χ1) is 9.79. The monoisotopic (exact) mass is 305 g/mol. The van der Waals surface area contributed by atoms with Crippen LogP contribution in [0.25, 0.3) is 0 Å².